The number of nitrogens with one attached hydrogen (secondary N) is 1. The Morgan fingerprint density at radius 2 is 1.88 bits per heavy atom. The Kier molecular flexibility index (Phi) is 4.67. The predicted octanol–water partition coefficient (Wildman–Crippen LogP) is 0.280. The lowest BCUT2D eigenvalue weighted by atomic mass is 10.0. The average Bonchev–Trinajstić information content (AvgIpc) is 2.29. The summed E-state index contributed by atoms with van der Waals surface area (Å²) in [4.78, 5) is 4.12. The number of anilines is 1. The second-order valence-electron chi connectivity index (χ2n) is 3.72. The molecule has 16 heavy (non-hydrogen) atoms. The highest BCUT2D eigenvalue weighted by Gasteiger charge is 2.28. The molecule has 1 heterocycles. The Morgan fingerprint density at radius 1 is 1.31 bits per heavy atom. The van der Waals surface area contributed by atoms with Crippen LogP contribution in [-0.4, -0.2) is 45.7 Å². The van der Waals surface area contributed by atoms with E-state index in [1.165, 1.54) is 0 Å². The number of aryl methyl sites for hydroxylation is 1. The first-order valence-corrected chi connectivity index (χ1v) is 5.59. The van der Waals surface area contributed by atoms with Gasteiger partial charge in [0.1, 0.15) is 11.4 Å². The van der Waals surface area contributed by atoms with Crippen LogP contribution in [0.15, 0.2) is 16.7 Å². The molecule has 0 aliphatic carbocycles. The molecule has 1 aromatic heterocycles. The van der Waals surface area contributed by atoms with E-state index in [1.807, 2.05) is 13.0 Å². The van der Waals surface area contributed by atoms with Crippen molar-refractivity contribution in [2.75, 3.05) is 25.1 Å². The Morgan fingerprint density at radius 3 is 2.31 bits per heavy atom. The number of aromatic nitrogens is 1. The van der Waals surface area contributed by atoms with Gasteiger partial charge in [0.2, 0.25) is 0 Å². The van der Waals surface area contributed by atoms with Crippen molar-refractivity contribution >= 4 is 21.7 Å². The number of hydrogen-bond acceptors (Lipinski definition) is 5. The molecule has 0 saturated carbocycles. The van der Waals surface area contributed by atoms with Crippen LogP contribution in [0.4, 0.5) is 5.82 Å². The summed E-state index contributed by atoms with van der Waals surface area (Å²) < 4.78 is 0.715. The molecule has 0 atom stereocenters. The number of halogens is 1. The summed E-state index contributed by atoms with van der Waals surface area (Å²) in [7, 11) is 0. The van der Waals surface area contributed by atoms with Crippen LogP contribution in [0, 0.1) is 6.92 Å². The van der Waals surface area contributed by atoms with E-state index >= 15 is 0 Å². The summed E-state index contributed by atoms with van der Waals surface area (Å²) in [6.45, 7) is 0.741. The van der Waals surface area contributed by atoms with E-state index in [0.717, 1.165) is 5.56 Å². The number of hydrogen-bond donors (Lipinski definition) is 4. The quantitative estimate of drug-likeness (QED) is 0.626. The van der Waals surface area contributed by atoms with E-state index in [0.29, 0.717) is 10.3 Å². The van der Waals surface area contributed by atoms with Crippen molar-refractivity contribution in [3.05, 3.63) is 22.3 Å². The predicted molar refractivity (Wildman–Crippen MR) is 64.3 cm³/mol. The van der Waals surface area contributed by atoms with Crippen LogP contribution in [0.3, 0.4) is 0 Å². The molecule has 0 fully saturated rings. The van der Waals surface area contributed by atoms with Crippen molar-refractivity contribution < 1.29 is 15.3 Å². The number of nitrogens with zero attached hydrogens (tertiary/aromatic N) is 1. The van der Waals surface area contributed by atoms with E-state index in [-0.39, 0.29) is 19.8 Å². The van der Waals surface area contributed by atoms with Gasteiger partial charge in [0.15, 0.2) is 0 Å². The lowest BCUT2D eigenvalue weighted by molar-refractivity contribution is 0.0830. The molecule has 0 aliphatic heterocycles. The Balaban J connectivity index is 2.93. The molecule has 0 spiro atoms. The molecular weight excluding hydrogens is 276 g/mol. The summed E-state index contributed by atoms with van der Waals surface area (Å²) in [5.74, 6) is 0.475. The molecule has 0 radical (unpaired) electrons. The number of aliphatic hydroxyl groups is 3. The van der Waals surface area contributed by atoms with Crippen molar-refractivity contribution in [2.24, 2.45) is 0 Å². The zero-order chi connectivity index (χ0) is 12.2. The van der Waals surface area contributed by atoms with Crippen LogP contribution in [0.25, 0.3) is 0 Å². The summed E-state index contributed by atoms with van der Waals surface area (Å²) in [5, 5.41) is 30.3. The molecule has 1 rings (SSSR count). The summed E-state index contributed by atoms with van der Waals surface area (Å²) in [5.41, 5.74) is -0.176. The van der Waals surface area contributed by atoms with Crippen molar-refractivity contribution in [1.82, 2.24) is 4.98 Å². The van der Waals surface area contributed by atoms with E-state index in [4.69, 9.17) is 15.3 Å². The van der Waals surface area contributed by atoms with Crippen molar-refractivity contribution in [3.8, 4) is 0 Å². The van der Waals surface area contributed by atoms with Crippen molar-refractivity contribution in [3.63, 3.8) is 0 Å². The average molecular weight is 291 g/mol. The highest BCUT2D eigenvalue weighted by atomic mass is 79.9. The highest BCUT2D eigenvalue weighted by Crippen LogP contribution is 2.23. The maximum Gasteiger partial charge on any atom is 0.140 e. The Hall–Kier alpha value is -0.690. The van der Waals surface area contributed by atoms with Crippen LogP contribution in [-0.2, 0) is 0 Å². The van der Waals surface area contributed by atoms with E-state index in [2.05, 4.69) is 26.2 Å². The number of aliphatic hydroxyl groups excluding tert-OH is 3. The smallest absolute Gasteiger partial charge is 0.140 e. The zero-order valence-corrected chi connectivity index (χ0v) is 10.5. The lowest BCUT2D eigenvalue weighted by Gasteiger charge is -2.29. The normalized spacial score (nSPS) is 11.6. The van der Waals surface area contributed by atoms with E-state index in [1.54, 1.807) is 6.20 Å². The van der Waals surface area contributed by atoms with Gasteiger partial charge >= 0.3 is 0 Å². The van der Waals surface area contributed by atoms with Crippen LogP contribution in [0.5, 0.6) is 0 Å². The fraction of sp³-hybridized carbons (Fsp3) is 0.500. The van der Waals surface area contributed by atoms with E-state index < -0.39 is 5.54 Å². The van der Waals surface area contributed by atoms with Crippen LogP contribution >= 0.6 is 15.9 Å². The minimum absolute atomic E-state index is 0.387. The fourth-order valence-corrected chi connectivity index (χ4v) is 1.71. The third-order valence-electron chi connectivity index (χ3n) is 2.27. The molecule has 0 unspecified atom stereocenters. The maximum atomic E-state index is 9.16. The highest BCUT2D eigenvalue weighted by molar-refractivity contribution is 9.10. The van der Waals surface area contributed by atoms with Gasteiger partial charge in [-0.05, 0) is 34.5 Å². The van der Waals surface area contributed by atoms with Gasteiger partial charge in [0, 0.05) is 6.20 Å². The largest absolute Gasteiger partial charge is 0.394 e. The second kappa shape index (κ2) is 5.58. The summed E-state index contributed by atoms with van der Waals surface area (Å²) >= 11 is 3.32. The van der Waals surface area contributed by atoms with Gasteiger partial charge in [0.25, 0.3) is 0 Å². The second-order valence-corrected chi connectivity index (χ2v) is 4.58. The van der Waals surface area contributed by atoms with Crippen LogP contribution < -0.4 is 5.32 Å². The molecule has 1 aromatic rings. The first-order chi connectivity index (χ1) is 7.56. The third kappa shape index (κ3) is 2.91. The van der Waals surface area contributed by atoms with Crippen molar-refractivity contribution in [2.45, 2.75) is 12.5 Å². The van der Waals surface area contributed by atoms with Crippen molar-refractivity contribution in [1.29, 1.82) is 0 Å². The van der Waals surface area contributed by atoms with Gasteiger partial charge in [-0.1, -0.05) is 0 Å². The first-order valence-electron chi connectivity index (χ1n) is 4.80. The molecule has 0 aliphatic rings. The summed E-state index contributed by atoms with van der Waals surface area (Å²) in [6, 6.07) is 1.85. The third-order valence-corrected chi connectivity index (χ3v) is 2.87. The SMILES string of the molecule is Cc1cnc(NC(CO)(CO)CO)c(Br)c1. The standard InChI is InChI=1S/C10H15BrN2O3/c1-7-2-8(11)9(12-3-7)13-10(4-14,5-15)6-16/h2-3,14-16H,4-6H2,1H3,(H,12,13). The molecule has 0 amide bonds. The Labute approximate surface area is 102 Å². The zero-order valence-electron chi connectivity index (χ0n) is 8.94. The molecule has 90 valence electrons. The van der Waals surface area contributed by atoms with E-state index in [9.17, 15) is 0 Å². The molecule has 4 N–H and O–H groups in total. The van der Waals surface area contributed by atoms with Gasteiger partial charge < -0.3 is 20.6 Å². The molecule has 6 heteroatoms. The lowest BCUT2D eigenvalue weighted by Crippen LogP contribution is -2.49. The topological polar surface area (TPSA) is 85.6 Å². The number of rotatable bonds is 5. The van der Waals surface area contributed by atoms with Crippen LogP contribution in [0.2, 0.25) is 0 Å². The first kappa shape index (κ1) is 13.4. The van der Waals surface area contributed by atoms with Gasteiger partial charge in [-0.15, -0.1) is 0 Å². The van der Waals surface area contributed by atoms with Crippen LogP contribution in [0.1, 0.15) is 5.56 Å². The monoisotopic (exact) mass is 290 g/mol. The molecule has 0 bridgehead atoms. The minimum Gasteiger partial charge on any atom is -0.394 e. The molecular formula is C10H15BrN2O3. The number of pyridine rings is 1. The van der Waals surface area contributed by atoms with Gasteiger partial charge in [-0.2, -0.15) is 0 Å². The minimum atomic E-state index is -1.16. The molecule has 0 saturated heterocycles. The maximum absolute atomic E-state index is 9.16. The summed E-state index contributed by atoms with van der Waals surface area (Å²) in [6.07, 6.45) is 1.66. The van der Waals surface area contributed by atoms with Gasteiger partial charge in [-0.3, -0.25) is 0 Å². The Bertz CT molecular complexity index is 348. The van der Waals surface area contributed by atoms with Gasteiger partial charge in [-0.25, -0.2) is 4.98 Å². The fourth-order valence-electron chi connectivity index (χ4n) is 1.15. The molecule has 0 aromatic carbocycles. The van der Waals surface area contributed by atoms with Gasteiger partial charge in [0.05, 0.1) is 24.3 Å². The molecule has 5 nitrogen and oxygen atoms in total.